The van der Waals surface area contributed by atoms with Gasteiger partial charge in [0.05, 0.1) is 21.1 Å². The van der Waals surface area contributed by atoms with Gasteiger partial charge >= 0.3 is 6.09 Å². The van der Waals surface area contributed by atoms with E-state index < -0.39 is 0 Å². The fourth-order valence-corrected chi connectivity index (χ4v) is 0.571. The van der Waals surface area contributed by atoms with Gasteiger partial charge in [0.25, 0.3) is 0 Å². The summed E-state index contributed by atoms with van der Waals surface area (Å²) in [5.74, 6) is 5.74. The lowest BCUT2D eigenvalue weighted by Gasteiger charge is -2.20. The zero-order chi connectivity index (χ0) is 11.2. The predicted molar refractivity (Wildman–Crippen MR) is 55.7 cm³/mol. The second-order valence-electron chi connectivity index (χ2n) is 4.25. The van der Waals surface area contributed by atoms with Crippen LogP contribution < -0.4 is 0 Å². The van der Waals surface area contributed by atoms with Crippen LogP contribution in [-0.2, 0) is 4.74 Å². The lowest BCUT2D eigenvalue weighted by atomic mass is 10.5. The van der Waals surface area contributed by atoms with Crippen molar-refractivity contribution in [3.63, 3.8) is 0 Å². The van der Waals surface area contributed by atoms with Crippen molar-refractivity contribution in [3.05, 3.63) is 0 Å². The Bertz CT molecular complexity index is 243. The van der Waals surface area contributed by atoms with Gasteiger partial charge in [-0.3, -0.25) is 0 Å². The van der Waals surface area contributed by atoms with Crippen LogP contribution in [0.3, 0.4) is 0 Å². The summed E-state index contributed by atoms with van der Waals surface area (Å²) in [5.41, 5.74) is 0. The molecule has 0 fully saturated rings. The maximum Gasteiger partial charge on any atom is 0.410 e. The molecule has 0 N–H and O–H groups in total. The largest absolute Gasteiger partial charge is 0.436 e. The van der Waals surface area contributed by atoms with Crippen molar-refractivity contribution in [1.29, 1.82) is 0 Å². The fourth-order valence-electron chi connectivity index (χ4n) is 0.571. The van der Waals surface area contributed by atoms with E-state index in [0.717, 1.165) is 11.0 Å². The molecule has 0 aromatic carbocycles. The predicted octanol–water partition coefficient (Wildman–Crippen LogP) is 0.394. The summed E-state index contributed by atoms with van der Waals surface area (Å²) >= 11 is 0. The van der Waals surface area contributed by atoms with Crippen molar-refractivity contribution in [2.45, 2.75) is 0 Å². The SMILES string of the molecule is CN(C)C(=O)OCC#CC[N+](C)(C)C. The third kappa shape index (κ3) is 7.44. The summed E-state index contributed by atoms with van der Waals surface area (Å²) in [4.78, 5) is 12.3. The normalized spacial score (nSPS) is 10.1. The Hall–Kier alpha value is -1.21. The molecular weight excluding hydrogens is 180 g/mol. The summed E-state index contributed by atoms with van der Waals surface area (Å²) in [6, 6.07) is 0. The zero-order valence-corrected chi connectivity index (χ0v) is 9.63. The zero-order valence-electron chi connectivity index (χ0n) is 9.63. The van der Waals surface area contributed by atoms with Crippen molar-refractivity contribution in [1.82, 2.24) is 4.90 Å². The standard InChI is InChI=1S/C10H19N2O2/c1-11(2)10(13)14-9-7-6-8-12(3,4)5/h8-9H2,1-5H3/q+1. The number of hydrogen-bond acceptors (Lipinski definition) is 2. The van der Waals surface area contributed by atoms with Crippen LogP contribution in [0.5, 0.6) is 0 Å². The van der Waals surface area contributed by atoms with E-state index in [1.165, 1.54) is 4.90 Å². The van der Waals surface area contributed by atoms with Crippen molar-refractivity contribution in [2.75, 3.05) is 48.4 Å². The summed E-state index contributed by atoms with van der Waals surface area (Å²) in [6.07, 6.45) is -0.357. The Kier molecular flexibility index (Phi) is 5.03. The Morgan fingerprint density at radius 2 is 1.86 bits per heavy atom. The summed E-state index contributed by atoms with van der Waals surface area (Å²) < 4.78 is 5.61. The van der Waals surface area contributed by atoms with Gasteiger partial charge < -0.3 is 14.1 Å². The van der Waals surface area contributed by atoms with Crippen molar-refractivity contribution >= 4 is 6.09 Å². The highest BCUT2D eigenvalue weighted by atomic mass is 16.5. The molecule has 0 radical (unpaired) electrons. The first-order valence-electron chi connectivity index (χ1n) is 4.43. The third-order valence-corrected chi connectivity index (χ3v) is 1.31. The molecule has 0 saturated heterocycles. The molecule has 0 bridgehead atoms. The Morgan fingerprint density at radius 1 is 1.29 bits per heavy atom. The van der Waals surface area contributed by atoms with E-state index in [9.17, 15) is 4.79 Å². The summed E-state index contributed by atoms with van der Waals surface area (Å²) in [5, 5.41) is 0. The Labute approximate surface area is 86.0 Å². The minimum absolute atomic E-state index is 0.164. The summed E-state index contributed by atoms with van der Waals surface area (Å²) in [7, 11) is 9.45. The van der Waals surface area contributed by atoms with Crippen LogP contribution in [0.15, 0.2) is 0 Å². The van der Waals surface area contributed by atoms with Crippen molar-refractivity contribution < 1.29 is 14.0 Å². The van der Waals surface area contributed by atoms with Crippen LogP contribution >= 0.6 is 0 Å². The quantitative estimate of drug-likeness (QED) is 0.476. The van der Waals surface area contributed by atoms with Gasteiger partial charge in [0.1, 0.15) is 6.54 Å². The van der Waals surface area contributed by atoms with Gasteiger partial charge in [-0.25, -0.2) is 4.79 Å². The van der Waals surface area contributed by atoms with Crippen LogP contribution in [0.1, 0.15) is 0 Å². The molecule has 0 aromatic rings. The van der Waals surface area contributed by atoms with E-state index in [2.05, 4.69) is 33.0 Å². The van der Waals surface area contributed by atoms with Crippen LogP contribution in [-0.4, -0.2) is 63.9 Å². The van der Waals surface area contributed by atoms with Gasteiger partial charge in [-0.2, -0.15) is 0 Å². The second-order valence-corrected chi connectivity index (χ2v) is 4.25. The smallest absolute Gasteiger partial charge is 0.410 e. The molecule has 0 atom stereocenters. The number of carbonyl (C=O) groups excluding carboxylic acids is 1. The minimum Gasteiger partial charge on any atom is -0.436 e. The molecule has 0 heterocycles. The molecule has 0 aliphatic heterocycles. The molecule has 1 amide bonds. The van der Waals surface area contributed by atoms with Crippen LogP contribution in [0.4, 0.5) is 4.79 Å². The van der Waals surface area contributed by atoms with Gasteiger partial charge in [-0.1, -0.05) is 5.92 Å². The molecule has 0 spiro atoms. The Balaban J connectivity index is 3.69. The van der Waals surface area contributed by atoms with E-state index in [1.807, 2.05) is 0 Å². The molecule has 80 valence electrons. The molecule has 4 nitrogen and oxygen atoms in total. The summed E-state index contributed by atoms with van der Waals surface area (Å²) in [6.45, 7) is 0.913. The highest BCUT2D eigenvalue weighted by molar-refractivity contribution is 5.66. The van der Waals surface area contributed by atoms with E-state index in [1.54, 1.807) is 14.1 Å². The van der Waals surface area contributed by atoms with Crippen LogP contribution in [0.25, 0.3) is 0 Å². The first kappa shape index (κ1) is 12.8. The second kappa shape index (κ2) is 5.51. The van der Waals surface area contributed by atoms with Gasteiger partial charge in [0, 0.05) is 14.1 Å². The van der Waals surface area contributed by atoms with Gasteiger partial charge in [-0.05, 0) is 5.92 Å². The highest BCUT2D eigenvalue weighted by Crippen LogP contribution is 1.87. The Morgan fingerprint density at radius 3 is 2.29 bits per heavy atom. The highest BCUT2D eigenvalue weighted by Gasteiger charge is 2.03. The lowest BCUT2D eigenvalue weighted by molar-refractivity contribution is -0.862. The maximum atomic E-state index is 10.9. The first-order chi connectivity index (χ1) is 6.33. The number of ether oxygens (including phenoxy) is 1. The molecular formula is C10H19N2O2+. The molecule has 0 unspecified atom stereocenters. The molecule has 0 saturated carbocycles. The van der Waals surface area contributed by atoms with Gasteiger partial charge in [0.15, 0.2) is 6.61 Å². The molecule has 14 heavy (non-hydrogen) atoms. The monoisotopic (exact) mass is 199 g/mol. The number of quaternary nitrogens is 1. The van der Waals surface area contributed by atoms with Crippen LogP contribution in [0, 0.1) is 11.8 Å². The maximum absolute atomic E-state index is 10.9. The topological polar surface area (TPSA) is 29.5 Å². The van der Waals surface area contributed by atoms with Gasteiger partial charge in [0.2, 0.25) is 0 Å². The third-order valence-electron chi connectivity index (χ3n) is 1.31. The number of carbonyl (C=O) groups is 1. The lowest BCUT2D eigenvalue weighted by Crippen LogP contribution is -2.34. The number of hydrogen-bond donors (Lipinski definition) is 0. The van der Waals surface area contributed by atoms with Crippen LogP contribution in [0.2, 0.25) is 0 Å². The molecule has 0 aliphatic rings. The molecule has 0 aliphatic carbocycles. The molecule has 0 rings (SSSR count). The van der Waals surface area contributed by atoms with E-state index in [0.29, 0.717) is 0 Å². The first-order valence-corrected chi connectivity index (χ1v) is 4.43. The minimum atomic E-state index is -0.357. The number of rotatable bonds is 2. The number of nitrogens with zero attached hydrogens (tertiary/aromatic N) is 2. The van der Waals surface area contributed by atoms with E-state index in [-0.39, 0.29) is 12.7 Å². The van der Waals surface area contributed by atoms with Crippen molar-refractivity contribution in [3.8, 4) is 11.8 Å². The molecule has 4 heteroatoms. The van der Waals surface area contributed by atoms with E-state index in [4.69, 9.17) is 4.74 Å². The fraction of sp³-hybridized carbons (Fsp3) is 0.700. The molecule has 0 aromatic heterocycles. The average Bonchev–Trinajstić information content (AvgIpc) is 2.01. The van der Waals surface area contributed by atoms with E-state index >= 15 is 0 Å². The van der Waals surface area contributed by atoms with Gasteiger partial charge in [-0.15, -0.1) is 0 Å². The average molecular weight is 199 g/mol. The van der Waals surface area contributed by atoms with Crippen molar-refractivity contribution in [2.24, 2.45) is 0 Å². The number of amides is 1.